The Hall–Kier alpha value is -3.02. The highest BCUT2D eigenvalue weighted by Crippen LogP contribution is 2.29. The molecule has 0 unspecified atom stereocenters. The van der Waals surface area contributed by atoms with Gasteiger partial charge in [0.2, 0.25) is 0 Å². The van der Waals surface area contributed by atoms with Crippen molar-refractivity contribution in [2.24, 2.45) is 0 Å². The number of amides is 1. The second-order valence-corrected chi connectivity index (χ2v) is 6.00. The summed E-state index contributed by atoms with van der Waals surface area (Å²) < 4.78 is 10.7. The number of rotatable bonds is 5. The number of aryl methyl sites for hydroxylation is 2. The van der Waals surface area contributed by atoms with E-state index in [9.17, 15) is 9.59 Å². The van der Waals surface area contributed by atoms with Crippen LogP contribution in [0.25, 0.3) is 0 Å². The molecule has 0 aliphatic carbocycles. The first-order valence-electron chi connectivity index (χ1n) is 7.97. The van der Waals surface area contributed by atoms with Crippen LogP contribution in [0.5, 0.6) is 11.5 Å². The molecular formula is C19H19NO5. The van der Waals surface area contributed by atoms with Gasteiger partial charge in [0.05, 0.1) is 6.61 Å². The molecule has 2 aromatic carbocycles. The van der Waals surface area contributed by atoms with Gasteiger partial charge < -0.3 is 19.9 Å². The summed E-state index contributed by atoms with van der Waals surface area (Å²) >= 11 is 0. The van der Waals surface area contributed by atoms with Gasteiger partial charge in [-0.1, -0.05) is 0 Å². The topological polar surface area (TPSA) is 84.9 Å². The fourth-order valence-corrected chi connectivity index (χ4v) is 2.91. The maximum atomic E-state index is 12.5. The first-order chi connectivity index (χ1) is 11.9. The van der Waals surface area contributed by atoms with Crippen LogP contribution in [0.2, 0.25) is 0 Å². The van der Waals surface area contributed by atoms with Crippen molar-refractivity contribution in [2.75, 3.05) is 18.5 Å². The van der Waals surface area contributed by atoms with Crippen molar-refractivity contribution < 1.29 is 24.2 Å². The van der Waals surface area contributed by atoms with Crippen LogP contribution in [0, 0.1) is 13.8 Å². The van der Waals surface area contributed by atoms with Crippen molar-refractivity contribution in [1.29, 1.82) is 0 Å². The number of hydrogen-bond donors (Lipinski definition) is 2. The Morgan fingerprint density at radius 3 is 2.60 bits per heavy atom. The molecular weight excluding hydrogens is 322 g/mol. The number of carboxylic acid groups (broad SMARTS) is 1. The molecule has 1 heterocycles. The number of anilines is 1. The molecule has 3 rings (SSSR count). The van der Waals surface area contributed by atoms with Gasteiger partial charge in [-0.15, -0.1) is 0 Å². The van der Waals surface area contributed by atoms with Gasteiger partial charge in [-0.05, 0) is 60.9 Å². The maximum Gasteiger partial charge on any atom is 0.341 e. The average molecular weight is 341 g/mol. The third-order valence-electron chi connectivity index (χ3n) is 4.01. The summed E-state index contributed by atoms with van der Waals surface area (Å²) in [7, 11) is 0. The Labute approximate surface area is 145 Å². The second kappa shape index (κ2) is 6.84. The summed E-state index contributed by atoms with van der Waals surface area (Å²) in [5.74, 6) is 0.0920. The van der Waals surface area contributed by atoms with Crippen molar-refractivity contribution in [2.45, 2.75) is 20.3 Å². The minimum atomic E-state index is -1.04. The van der Waals surface area contributed by atoms with Crippen LogP contribution in [-0.4, -0.2) is 30.2 Å². The molecule has 2 aromatic rings. The van der Waals surface area contributed by atoms with E-state index in [1.54, 1.807) is 26.0 Å². The summed E-state index contributed by atoms with van der Waals surface area (Å²) in [5.41, 5.74) is 3.73. The third kappa shape index (κ3) is 3.74. The summed E-state index contributed by atoms with van der Waals surface area (Å²) in [5, 5.41) is 11.6. The zero-order valence-electron chi connectivity index (χ0n) is 14.1. The molecule has 0 saturated heterocycles. The van der Waals surface area contributed by atoms with Crippen molar-refractivity contribution in [3.8, 4) is 11.5 Å². The minimum absolute atomic E-state index is 0.227. The van der Waals surface area contributed by atoms with Gasteiger partial charge in [-0.25, -0.2) is 4.79 Å². The Morgan fingerprint density at radius 1 is 1.20 bits per heavy atom. The molecule has 6 heteroatoms. The van der Waals surface area contributed by atoms with E-state index in [2.05, 4.69) is 5.32 Å². The SMILES string of the molecule is Cc1cc(C(=O)Nc2ccc3c(c2)CCO3)cc(C)c1OCC(=O)O. The van der Waals surface area contributed by atoms with Crippen LogP contribution >= 0.6 is 0 Å². The standard InChI is InChI=1S/C19H19NO5/c1-11-7-14(8-12(2)18(11)25-10-17(21)22)19(23)20-15-3-4-16-13(9-15)5-6-24-16/h3-4,7-9H,5-6,10H2,1-2H3,(H,20,23)(H,21,22). The lowest BCUT2D eigenvalue weighted by molar-refractivity contribution is -0.139. The lowest BCUT2D eigenvalue weighted by atomic mass is 10.0. The highest BCUT2D eigenvalue weighted by molar-refractivity contribution is 6.04. The van der Waals surface area contributed by atoms with Crippen LogP contribution in [0.15, 0.2) is 30.3 Å². The van der Waals surface area contributed by atoms with E-state index < -0.39 is 12.6 Å². The number of benzene rings is 2. The van der Waals surface area contributed by atoms with Gasteiger partial charge in [-0.2, -0.15) is 0 Å². The lowest BCUT2D eigenvalue weighted by Crippen LogP contribution is -2.14. The number of fused-ring (bicyclic) bond motifs is 1. The zero-order valence-corrected chi connectivity index (χ0v) is 14.1. The van der Waals surface area contributed by atoms with Gasteiger partial charge in [0.25, 0.3) is 5.91 Å². The Morgan fingerprint density at radius 2 is 1.92 bits per heavy atom. The molecule has 6 nitrogen and oxygen atoms in total. The largest absolute Gasteiger partial charge is 0.493 e. The molecule has 0 atom stereocenters. The molecule has 130 valence electrons. The first-order valence-corrected chi connectivity index (χ1v) is 7.97. The minimum Gasteiger partial charge on any atom is -0.493 e. The van der Waals surface area contributed by atoms with E-state index in [0.717, 1.165) is 23.4 Å². The lowest BCUT2D eigenvalue weighted by Gasteiger charge is -2.13. The second-order valence-electron chi connectivity index (χ2n) is 6.00. The molecule has 0 radical (unpaired) electrons. The molecule has 25 heavy (non-hydrogen) atoms. The molecule has 2 N–H and O–H groups in total. The first kappa shape index (κ1) is 16.8. The predicted molar refractivity (Wildman–Crippen MR) is 92.6 cm³/mol. The van der Waals surface area contributed by atoms with E-state index >= 15 is 0 Å². The van der Waals surface area contributed by atoms with Gasteiger partial charge in [-0.3, -0.25) is 4.79 Å². The fraction of sp³-hybridized carbons (Fsp3) is 0.263. The highest BCUT2D eigenvalue weighted by Gasteiger charge is 2.15. The van der Waals surface area contributed by atoms with E-state index in [4.69, 9.17) is 14.6 Å². The Kier molecular flexibility index (Phi) is 4.61. The van der Waals surface area contributed by atoms with Gasteiger partial charge >= 0.3 is 5.97 Å². The molecule has 1 amide bonds. The smallest absolute Gasteiger partial charge is 0.341 e. The number of carbonyl (C=O) groups is 2. The van der Waals surface area contributed by atoms with Crippen LogP contribution in [0.4, 0.5) is 5.69 Å². The van der Waals surface area contributed by atoms with E-state index in [1.165, 1.54) is 0 Å². The normalized spacial score (nSPS) is 12.2. The van der Waals surface area contributed by atoms with Crippen molar-refractivity contribution >= 4 is 17.6 Å². The summed E-state index contributed by atoms with van der Waals surface area (Å²) in [6.45, 7) is 3.83. The molecule has 0 saturated carbocycles. The van der Waals surface area contributed by atoms with E-state index in [-0.39, 0.29) is 5.91 Å². The number of ether oxygens (including phenoxy) is 2. The van der Waals surface area contributed by atoms with E-state index in [0.29, 0.717) is 29.0 Å². The summed E-state index contributed by atoms with van der Waals surface area (Å²) in [6, 6.07) is 8.97. The highest BCUT2D eigenvalue weighted by atomic mass is 16.5. The number of carboxylic acids is 1. The van der Waals surface area contributed by atoms with Crippen LogP contribution in [0.3, 0.4) is 0 Å². The number of nitrogens with one attached hydrogen (secondary N) is 1. The van der Waals surface area contributed by atoms with Gasteiger partial charge in [0.1, 0.15) is 11.5 Å². The van der Waals surface area contributed by atoms with Crippen molar-refractivity contribution in [3.05, 3.63) is 52.6 Å². The summed E-state index contributed by atoms with van der Waals surface area (Å²) in [6.07, 6.45) is 0.840. The molecule has 1 aliphatic rings. The zero-order chi connectivity index (χ0) is 18.0. The number of aliphatic carboxylic acids is 1. The molecule has 0 aromatic heterocycles. The average Bonchev–Trinajstić information content (AvgIpc) is 3.01. The molecule has 0 bridgehead atoms. The van der Waals surface area contributed by atoms with E-state index in [1.807, 2.05) is 18.2 Å². The Balaban J connectivity index is 1.77. The summed E-state index contributed by atoms with van der Waals surface area (Å²) in [4.78, 5) is 23.2. The van der Waals surface area contributed by atoms with Gasteiger partial charge in [0, 0.05) is 17.7 Å². The van der Waals surface area contributed by atoms with Gasteiger partial charge in [0.15, 0.2) is 6.61 Å². The van der Waals surface area contributed by atoms with Crippen LogP contribution < -0.4 is 14.8 Å². The van der Waals surface area contributed by atoms with Crippen LogP contribution in [-0.2, 0) is 11.2 Å². The molecule has 0 spiro atoms. The predicted octanol–water partition coefficient (Wildman–Crippen LogP) is 2.95. The maximum absolute atomic E-state index is 12.5. The third-order valence-corrected chi connectivity index (χ3v) is 4.01. The van der Waals surface area contributed by atoms with Crippen LogP contribution in [0.1, 0.15) is 27.0 Å². The number of hydrogen-bond acceptors (Lipinski definition) is 4. The van der Waals surface area contributed by atoms with Crippen molar-refractivity contribution in [1.82, 2.24) is 0 Å². The molecule has 1 aliphatic heterocycles. The fourth-order valence-electron chi connectivity index (χ4n) is 2.91. The quantitative estimate of drug-likeness (QED) is 0.873. The number of carbonyl (C=O) groups excluding carboxylic acids is 1. The molecule has 0 fully saturated rings. The monoisotopic (exact) mass is 341 g/mol. The Bertz CT molecular complexity index is 821. The van der Waals surface area contributed by atoms with Crippen molar-refractivity contribution in [3.63, 3.8) is 0 Å².